The molecule has 5 aromatic rings. The van der Waals surface area contributed by atoms with E-state index >= 15 is 0 Å². The second kappa shape index (κ2) is 10.4. The first-order valence-electron chi connectivity index (χ1n) is 12.0. The normalized spacial score (nSPS) is 11.1. The van der Waals surface area contributed by atoms with Crippen LogP contribution in [-0.2, 0) is 17.6 Å². The van der Waals surface area contributed by atoms with Gasteiger partial charge in [0.05, 0.1) is 24.8 Å². The number of aromatic nitrogens is 4. The van der Waals surface area contributed by atoms with Crippen molar-refractivity contribution < 1.29 is 9.53 Å². The highest BCUT2D eigenvalue weighted by Crippen LogP contribution is 2.27. The van der Waals surface area contributed by atoms with E-state index in [0.717, 1.165) is 23.4 Å². The Morgan fingerprint density at radius 1 is 1.08 bits per heavy atom. The molecule has 188 valence electrons. The van der Waals surface area contributed by atoms with Gasteiger partial charge in [0.15, 0.2) is 4.96 Å². The van der Waals surface area contributed by atoms with Gasteiger partial charge in [0.2, 0.25) is 5.91 Å². The predicted octanol–water partition coefficient (Wildman–Crippen LogP) is 4.14. The molecule has 0 atom stereocenters. The summed E-state index contributed by atoms with van der Waals surface area (Å²) < 4.78 is 8.78. The maximum Gasteiger partial charge on any atom is 0.268 e. The van der Waals surface area contributed by atoms with Crippen LogP contribution in [0.1, 0.15) is 22.6 Å². The van der Waals surface area contributed by atoms with Crippen molar-refractivity contribution in [1.82, 2.24) is 24.5 Å². The number of para-hydroxylation sites is 2. The Labute approximate surface area is 218 Å². The van der Waals surface area contributed by atoms with Gasteiger partial charge in [0.1, 0.15) is 17.1 Å². The van der Waals surface area contributed by atoms with Crippen molar-refractivity contribution in [3.63, 3.8) is 0 Å². The molecular weight excluding hydrogens is 486 g/mol. The summed E-state index contributed by atoms with van der Waals surface area (Å²) in [6.07, 6.45) is 0.837. The van der Waals surface area contributed by atoms with Crippen LogP contribution in [0.15, 0.2) is 70.8 Å². The van der Waals surface area contributed by atoms with E-state index in [1.165, 1.54) is 15.7 Å². The SMILES string of the molecule is COc1ccccc1-n1nc(-c2c(C)nc3scc(CC(=O)NCCc4ccccc4)n3c2=O)cc1C. The third-order valence-electron chi connectivity index (χ3n) is 6.20. The molecule has 1 amide bonds. The fourth-order valence-corrected chi connectivity index (χ4v) is 5.31. The van der Waals surface area contributed by atoms with Gasteiger partial charge in [-0.3, -0.25) is 14.0 Å². The molecule has 0 saturated carbocycles. The predicted molar refractivity (Wildman–Crippen MR) is 145 cm³/mol. The van der Waals surface area contributed by atoms with Gasteiger partial charge >= 0.3 is 0 Å². The summed E-state index contributed by atoms with van der Waals surface area (Å²) in [5.41, 5.74) is 4.70. The second-order valence-electron chi connectivity index (χ2n) is 8.74. The number of ether oxygens (including phenoxy) is 1. The van der Waals surface area contributed by atoms with Gasteiger partial charge in [-0.1, -0.05) is 42.5 Å². The molecule has 0 saturated heterocycles. The Hall–Kier alpha value is -4.24. The summed E-state index contributed by atoms with van der Waals surface area (Å²) in [7, 11) is 1.61. The van der Waals surface area contributed by atoms with E-state index in [-0.39, 0.29) is 17.9 Å². The van der Waals surface area contributed by atoms with Crippen LogP contribution in [0.3, 0.4) is 0 Å². The first-order chi connectivity index (χ1) is 18.0. The average Bonchev–Trinajstić information content (AvgIpc) is 3.47. The molecule has 9 heteroatoms. The van der Waals surface area contributed by atoms with E-state index in [1.54, 1.807) is 11.8 Å². The summed E-state index contributed by atoms with van der Waals surface area (Å²) in [5, 5.41) is 9.51. The zero-order valence-corrected chi connectivity index (χ0v) is 21.7. The third kappa shape index (κ3) is 4.90. The Bertz CT molecular complexity index is 1640. The molecule has 0 aliphatic heterocycles. The number of carbonyl (C=O) groups is 1. The van der Waals surface area contributed by atoms with Crippen molar-refractivity contribution in [2.24, 2.45) is 0 Å². The molecule has 0 spiro atoms. The Kier molecular flexibility index (Phi) is 6.87. The lowest BCUT2D eigenvalue weighted by molar-refractivity contribution is -0.120. The van der Waals surface area contributed by atoms with Crippen LogP contribution in [0.4, 0.5) is 0 Å². The molecule has 37 heavy (non-hydrogen) atoms. The molecule has 0 bridgehead atoms. The highest BCUT2D eigenvalue weighted by molar-refractivity contribution is 7.15. The van der Waals surface area contributed by atoms with Gasteiger partial charge in [0, 0.05) is 23.3 Å². The number of carbonyl (C=O) groups excluding carboxylic acids is 1. The van der Waals surface area contributed by atoms with E-state index in [1.807, 2.05) is 79.9 Å². The molecule has 1 N–H and O–H groups in total. The minimum Gasteiger partial charge on any atom is -0.494 e. The number of aryl methyl sites for hydroxylation is 2. The number of thiazole rings is 1. The van der Waals surface area contributed by atoms with Crippen molar-refractivity contribution in [1.29, 1.82) is 0 Å². The van der Waals surface area contributed by atoms with Crippen molar-refractivity contribution in [3.8, 4) is 22.7 Å². The van der Waals surface area contributed by atoms with Crippen molar-refractivity contribution in [3.05, 3.63) is 99.0 Å². The van der Waals surface area contributed by atoms with Crippen LogP contribution < -0.4 is 15.6 Å². The van der Waals surface area contributed by atoms with Crippen molar-refractivity contribution in [2.45, 2.75) is 26.7 Å². The number of hydrogen-bond acceptors (Lipinski definition) is 6. The lowest BCUT2D eigenvalue weighted by atomic mass is 10.1. The number of amides is 1. The highest BCUT2D eigenvalue weighted by atomic mass is 32.1. The summed E-state index contributed by atoms with van der Waals surface area (Å²) in [5.74, 6) is 0.543. The molecule has 0 aliphatic rings. The zero-order chi connectivity index (χ0) is 25.9. The molecule has 0 radical (unpaired) electrons. The molecule has 2 aromatic carbocycles. The van der Waals surface area contributed by atoms with Crippen molar-refractivity contribution >= 4 is 22.2 Å². The first-order valence-corrected chi connectivity index (χ1v) is 12.8. The first kappa shape index (κ1) is 24.5. The molecule has 0 unspecified atom stereocenters. The maximum atomic E-state index is 13.7. The molecule has 8 nitrogen and oxygen atoms in total. The van der Waals surface area contributed by atoms with E-state index in [2.05, 4.69) is 10.3 Å². The Morgan fingerprint density at radius 3 is 2.62 bits per heavy atom. The zero-order valence-electron chi connectivity index (χ0n) is 20.9. The van der Waals surface area contributed by atoms with Crippen LogP contribution in [0.25, 0.3) is 21.9 Å². The average molecular weight is 514 g/mol. The summed E-state index contributed by atoms with van der Waals surface area (Å²) >= 11 is 1.35. The fraction of sp³-hybridized carbons (Fsp3) is 0.214. The van der Waals surface area contributed by atoms with Crippen LogP contribution in [0, 0.1) is 13.8 Å². The number of rotatable bonds is 8. The largest absolute Gasteiger partial charge is 0.494 e. The second-order valence-corrected chi connectivity index (χ2v) is 9.58. The molecule has 0 aliphatic carbocycles. The van der Waals surface area contributed by atoms with Gasteiger partial charge in [-0.15, -0.1) is 11.3 Å². The third-order valence-corrected chi connectivity index (χ3v) is 7.07. The van der Waals surface area contributed by atoms with Crippen LogP contribution in [0.5, 0.6) is 5.75 Å². The van der Waals surface area contributed by atoms with Gasteiger partial charge < -0.3 is 10.1 Å². The van der Waals surface area contributed by atoms with Crippen molar-refractivity contribution in [2.75, 3.05) is 13.7 Å². The maximum absolute atomic E-state index is 13.7. The number of methoxy groups -OCH3 is 1. The molecule has 3 heterocycles. The van der Waals surface area contributed by atoms with E-state index in [0.29, 0.717) is 39.9 Å². The van der Waals surface area contributed by atoms with E-state index in [4.69, 9.17) is 9.84 Å². The number of hydrogen-bond donors (Lipinski definition) is 1. The summed E-state index contributed by atoms with van der Waals surface area (Å²) in [6, 6.07) is 19.4. The Balaban J connectivity index is 1.44. The molecular formula is C28H27N5O3S. The minimum absolute atomic E-state index is 0.0908. The number of fused-ring (bicyclic) bond motifs is 1. The van der Waals surface area contributed by atoms with Crippen LogP contribution >= 0.6 is 11.3 Å². The standard InChI is InChI=1S/C28H27N5O3S/c1-18-15-22(31-33(18)23-11-7-8-12-24(23)36-3)26-19(2)30-28-32(27(26)35)21(17-37-28)16-25(34)29-14-13-20-9-5-4-6-10-20/h4-12,15,17H,13-14,16H2,1-3H3,(H,29,34). The van der Waals surface area contributed by atoms with Gasteiger partial charge in [0.25, 0.3) is 5.56 Å². The topological polar surface area (TPSA) is 90.5 Å². The number of nitrogens with one attached hydrogen (secondary N) is 1. The van der Waals surface area contributed by atoms with Crippen LogP contribution in [-0.4, -0.2) is 38.7 Å². The van der Waals surface area contributed by atoms with Gasteiger partial charge in [-0.2, -0.15) is 5.10 Å². The van der Waals surface area contributed by atoms with E-state index in [9.17, 15) is 9.59 Å². The molecule has 3 aromatic heterocycles. The Morgan fingerprint density at radius 2 is 1.84 bits per heavy atom. The van der Waals surface area contributed by atoms with Crippen LogP contribution in [0.2, 0.25) is 0 Å². The summed E-state index contributed by atoms with van der Waals surface area (Å²) in [6.45, 7) is 4.27. The fourth-order valence-electron chi connectivity index (χ4n) is 4.39. The summed E-state index contributed by atoms with van der Waals surface area (Å²) in [4.78, 5) is 31.6. The quantitative estimate of drug-likeness (QED) is 0.337. The monoisotopic (exact) mass is 513 g/mol. The minimum atomic E-state index is -0.236. The number of nitrogens with zero attached hydrogens (tertiary/aromatic N) is 4. The lowest BCUT2D eigenvalue weighted by Crippen LogP contribution is -2.29. The van der Waals surface area contributed by atoms with E-state index < -0.39 is 0 Å². The highest BCUT2D eigenvalue weighted by Gasteiger charge is 2.20. The smallest absolute Gasteiger partial charge is 0.268 e. The lowest BCUT2D eigenvalue weighted by Gasteiger charge is -2.09. The van der Waals surface area contributed by atoms with Gasteiger partial charge in [-0.05, 0) is 44.0 Å². The molecule has 0 fully saturated rings. The molecule has 5 rings (SSSR count). The number of benzene rings is 2. The van der Waals surface area contributed by atoms with Gasteiger partial charge in [-0.25, -0.2) is 9.67 Å².